The van der Waals surface area contributed by atoms with Gasteiger partial charge in [0.05, 0.1) is 23.2 Å². The van der Waals surface area contributed by atoms with Gasteiger partial charge in [-0.2, -0.15) is 0 Å². The van der Waals surface area contributed by atoms with Gasteiger partial charge in [-0.25, -0.2) is 15.0 Å². The number of fused-ring (bicyclic) bond motifs is 2. The third-order valence-electron chi connectivity index (χ3n) is 8.86. The van der Waals surface area contributed by atoms with Crippen LogP contribution in [-0.4, -0.2) is 38.2 Å². The Balaban J connectivity index is 1.10. The molecule has 35 heavy (non-hydrogen) atoms. The van der Waals surface area contributed by atoms with Crippen molar-refractivity contribution in [2.45, 2.75) is 51.5 Å². The van der Waals surface area contributed by atoms with Gasteiger partial charge in [-0.05, 0) is 74.8 Å². The molecule has 4 saturated carbocycles. The molecule has 0 atom stereocenters. The number of pyridine rings is 1. The Morgan fingerprint density at radius 1 is 0.943 bits per heavy atom. The van der Waals surface area contributed by atoms with Crippen LogP contribution in [0.3, 0.4) is 0 Å². The second-order valence-corrected chi connectivity index (χ2v) is 11.2. The topological polar surface area (TPSA) is 88.1 Å². The molecule has 0 unspecified atom stereocenters. The Hall–Kier alpha value is -3.35. The number of anilines is 1. The average molecular weight is 468 g/mol. The number of nitrogens with one attached hydrogen (secondary N) is 1. The highest BCUT2D eigenvalue weighted by Gasteiger charge is 2.54. The zero-order chi connectivity index (χ0) is 23.6. The maximum absolute atomic E-state index is 13.6. The molecule has 2 amide bonds. The van der Waals surface area contributed by atoms with Gasteiger partial charge in [-0.1, -0.05) is 24.3 Å². The van der Waals surface area contributed by atoms with Crippen LogP contribution in [0.2, 0.25) is 0 Å². The van der Waals surface area contributed by atoms with Gasteiger partial charge in [-0.3, -0.25) is 9.59 Å². The summed E-state index contributed by atoms with van der Waals surface area (Å²) < 4.78 is 0. The number of aromatic nitrogens is 3. The van der Waals surface area contributed by atoms with E-state index in [2.05, 4.69) is 20.3 Å². The van der Waals surface area contributed by atoms with E-state index in [9.17, 15) is 9.59 Å². The highest BCUT2D eigenvalue weighted by Crippen LogP contribution is 2.60. The predicted molar refractivity (Wildman–Crippen MR) is 131 cm³/mol. The third kappa shape index (κ3) is 3.51. The van der Waals surface area contributed by atoms with Crippen molar-refractivity contribution in [3.63, 3.8) is 0 Å². The summed E-state index contributed by atoms with van der Waals surface area (Å²) in [6.07, 6.45) is 9.14. The number of nitrogens with zero attached hydrogens (tertiary/aromatic N) is 4. The van der Waals surface area contributed by atoms with E-state index >= 15 is 0 Å². The predicted octanol–water partition coefficient (Wildman–Crippen LogP) is 4.38. The molecule has 5 aliphatic rings. The van der Waals surface area contributed by atoms with Crippen molar-refractivity contribution in [3.8, 4) is 0 Å². The maximum atomic E-state index is 13.6. The molecule has 3 heterocycles. The van der Waals surface area contributed by atoms with Crippen LogP contribution in [-0.2, 0) is 17.8 Å². The van der Waals surface area contributed by atoms with Crippen molar-refractivity contribution in [1.82, 2.24) is 19.9 Å². The molecule has 4 aliphatic carbocycles. The minimum Gasteiger partial charge on any atom is -0.331 e. The summed E-state index contributed by atoms with van der Waals surface area (Å²) in [5.41, 5.74) is 2.80. The Kier molecular flexibility index (Phi) is 4.69. The Bertz CT molecular complexity index is 1320. The van der Waals surface area contributed by atoms with Crippen LogP contribution in [0.15, 0.2) is 42.7 Å². The lowest BCUT2D eigenvalue weighted by Crippen LogP contribution is -2.52. The van der Waals surface area contributed by atoms with Crippen molar-refractivity contribution < 1.29 is 9.59 Å². The number of benzene rings is 1. The van der Waals surface area contributed by atoms with Gasteiger partial charge in [-0.15, -0.1) is 0 Å². The number of rotatable bonds is 3. The Labute approximate surface area is 204 Å². The SMILES string of the molecule is O=C(c1ccc2ccccc2n1)N1CCc2c(ncnc2NC(=O)C23CC4CC(CC(C4)C2)C3)C1. The fraction of sp³-hybridized carbons (Fsp3) is 0.464. The van der Waals surface area contributed by atoms with Crippen molar-refractivity contribution >= 4 is 28.5 Å². The van der Waals surface area contributed by atoms with Gasteiger partial charge < -0.3 is 10.2 Å². The highest BCUT2D eigenvalue weighted by molar-refractivity contribution is 5.96. The van der Waals surface area contributed by atoms with Gasteiger partial charge in [0.2, 0.25) is 5.91 Å². The quantitative estimate of drug-likeness (QED) is 0.618. The van der Waals surface area contributed by atoms with E-state index in [1.807, 2.05) is 30.3 Å². The molecule has 3 aromatic rings. The van der Waals surface area contributed by atoms with E-state index in [0.717, 1.165) is 59.2 Å². The van der Waals surface area contributed by atoms with Gasteiger partial charge in [0.25, 0.3) is 5.91 Å². The number of carbonyl (C=O) groups excluding carboxylic acids is 2. The summed E-state index contributed by atoms with van der Waals surface area (Å²) in [6.45, 7) is 0.944. The van der Waals surface area contributed by atoms with E-state index in [0.29, 0.717) is 31.0 Å². The number of para-hydroxylation sites is 1. The van der Waals surface area contributed by atoms with Crippen LogP contribution in [0, 0.1) is 23.2 Å². The summed E-state index contributed by atoms with van der Waals surface area (Å²) in [5.74, 6) is 2.83. The van der Waals surface area contributed by atoms with Crippen molar-refractivity contribution in [2.75, 3.05) is 11.9 Å². The summed E-state index contributed by atoms with van der Waals surface area (Å²) in [4.78, 5) is 42.1. The average Bonchev–Trinajstić information content (AvgIpc) is 2.87. The fourth-order valence-electron chi connectivity index (χ4n) is 7.61. The molecular formula is C28H29N5O2. The Morgan fingerprint density at radius 2 is 1.69 bits per heavy atom. The van der Waals surface area contributed by atoms with Crippen LogP contribution in [0.25, 0.3) is 10.9 Å². The first-order valence-corrected chi connectivity index (χ1v) is 12.9. The molecule has 2 aromatic heterocycles. The number of hydrogen-bond donors (Lipinski definition) is 1. The van der Waals surface area contributed by atoms with Gasteiger partial charge in [0.1, 0.15) is 17.8 Å². The lowest BCUT2D eigenvalue weighted by Gasteiger charge is -2.55. The second-order valence-electron chi connectivity index (χ2n) is 11.2. The largest absolute Gasteiger partial charge is 0.331 e. The van der Waals surface area contributed by atoms with Gasteiger partial charge >= 0.3 is 0 Å². The molecule has 0 spiro atoms. The third-order valence-corrected chi connectivity index (χ3v) is 8.86. The highest BCUT2D eigenvalue weighted by atomic mass is 16.2. The first-order chi connectivity index (χ1) is 17.1. The van der Waals surface area contributed by atoms with Crippen LogP contribution in [0.4, 0.5) is 5.82 Å². The number of carbonyl (C=O) groups is 2. The summed E-state index contributed by atoms with van der Waals surface area (Å²) in [7, 11) is 0. The Morgan fingerprint density at radius 3 is 2.46 bits per heavy atom. The van der Waals surface area contributed by atoms with Crippen molar-refractivity contribution in [3.05, 3.63) is 59.7 Å². The van der Waals surface area contributed by atoms with Crippen LogP contribution in [0.5, 0.6) is 0 Å². The van der Waals surface area contributed by atoms with Crippen molar-refractivity contribution in [1.29, 1.82) is 0 Å². The summed E-state index contributed by atoms with van der Waals surface area (Å²) in [6, 6.07) is 11.5. The lowest BCUT2D eigenvalue weighted by molar-refractivity contribution is -0.140. The molecule has 8 rings (SSSR count). The molecule has 1 N–H and O–H groups in total. The summed E-state index contributed by atoms with van der Waals surface area (Å²) in [5, 5.41) is 4.23. The molecule has 178 valence electrons. The van der Waals surface area contributed by atoms with Crippen LogP contribution >= 0.6 is 0 Å². The normalized spacial score (nSPS) is 28.7. The fourth-order valence-corrected chi connectivity index (χ4v) is 7.61. The number of amides is 2. The number of hydrogen-bond acceptors (Lipinski definition) is 5. The van der Waals surface area contributed by atoms with Gasteiger partial charge in [0, 0.05) is 17.5 Å². The van der Waals surface area contributed by atoms with Crippen LogP contribution in [0.1, 0.15) is 60.3 Å². The zero-order valence-electron chi connectivity index (χ0n) is 19.7. The van der Waals surface area contributed by atoms with Crippen LogP contribution < -0.4 is 5.32 Å². The molecular weight excluding hydrogens is 438 g/mol. The minimum atomic E-state index is -0.217. The molecule has 1 aromatic carbocycles. The summed E-state index contributed by atoms with van der Waals surface area (Å²) >= 11 is 0. The smallest absolute Gasteiger partial charge is 0.272 e. The first kappa shape index (κ1) is 21.0. The van der Waals surface area contributed by atoms with Gasteiger partial charge in [0.15, 0.2) is 0 Å². The molecule has 7 heteroatoms. The lowest BCUT2D eigenvalue weighted by atomic mass is 9.49. The van der Waals surface area contributed by atoms with E-state index < -0.39 is 0 Å². The molecule has 7 nitrogen and oxygen atoms in total. The molecule has 0 radical (unpaired) electrons. The monoisotopic (exact) mass is 467 g/mol. The second kappa shape index (κ2) is 7.83. The first-order valence-electron chi connectivity index (χ1n) is 12.9. The van der Waals surface area contributed by atoms with E-state index in [1.165, 1.54) is 25.6 Å². The minimum absolute atomic E-state index is 0.0980. The van der Waals surface area contributed by atoms with Crippen molar-refractivity contribution in [2.24, 2.45) is 23.2 Å². The molecule has 0 saturated heterocycles. The molecule has 4 fully saturated rings. The van der Waals surface area contributed by atoms with E-state index in [-0.39, 0.29) is 17.2 Å². The molecule has 1 aliphatic heterocycles. The van der Waals surface area contributed by atoms with E-state index in [1.54, 1.807) is 11.0 Å². The molecule has 4 bridgehead atoms. The van der Waals surface area contributed by atoms with E-state index in [4.69, 9.17) is 0 Å². The maximum Gasteiger partial charge on any atom is 0.272 e. The zero-order valence-corrected chi connectivity index (χ0v) is 19.7. The standard InChI is InChI=1S/C28H29N5O2/c34-26(23-6-5-20-3-1-2-4-22(20)31-23)33-8-7-21-24(15-33)29-16-30-25(21)32-27(35)28-12-17-9-18(13-28)11-19(10-17)14-28/h1-6,16-19H,7-15H2,(H,29,30,32,35).